The van der Waals surface area contributed by atoms with Crippen LogP contribution in [-0.4, -0.2) is 10.9 Å². The van der Waals surface area contributed by atoms with E-state index in [1.807, 2.05) is 36.4 Å². The number of carbonyl (C=O) groups excluding carboxylic acids is 1. The number of halogens is 4. The first kappa shape index (κ1) is 16.5. The normalized spacial score (nSPS) is 11.2. The summed E-state index contributed by atoms with van der Waals surface area (Å²) in [6, 6.07) is 11.5. The summed E-state index contributed by atoms with van der Waals surface area (Å²) in [5, 5.41) is 4.25. The molecule has 1 heterocycles. The third-order valence-corrected chi connectivity index (χ3v) is 4.79. The van der Waals surface area contributed by atoms with Gasteiger partial charge in [0.1, 0.15) is 0 Å². The minimum atomic E-state index is -2.04. The molecule has 0 aliphatic rings. The van der Waals surface area contributed by atoms with Gasteiger partial charge in [0.25, 0.3) is 5.91 Å². The number of thiazole rings is 1. The number of anilines is 1. The van der Waals surface area contributed by atoms with Crippen LogP contribution in [0.2, 0.25) is 0 Å². The molecule has 3 aromatic carbocycles. The molecule has 0 spiro atoms. The van der Waals surface area contributed by atoms with Crippen LogP contribution < -0.4 is 5.32 Å². The molecule has 1 amide bonds. The molecule has 130 valence electrons. The number of hydrogen-bond acceptors (Lipinski definition) is 3. The van der Waals surface area contributed by atoms with Crippen molar-refractivity contribution in [2.45, 2.75) is 0 Å². The number of carbonyl (C=O) groups is 1. The third kappa shape index (κ3) is 2.59. The molecule has 1 N–H and O–H groups in total. The fraction of sp³-hybridized carbons (Fsp3) is 0. The lowest BCUT2D eigenvalue weighted by atomic mass is 10.1. The average molecular weight is 376 g/mol. The van der Waals surface area contributed by atoms with E-state index in [2.05, 4.69) is 10.3 Å². The maximum Gasteiger partial charge on any atom is 0.260 e. The summed E-state index contributed by atoms with van der Waals surface area (Å²) in [5.41, 5.74) is -0.300. The van der Waals surface area contributed by atoms with E-state index in [1.54, 1.807) is 0 Å². The summed E-state index contributed by atoms with van der Waals surface area (Å²) < 4.78 is 54.1. The van der Waals surface area contributed by atoms with Gasteiger partial charge in [-0.15, -0.1) is 0 Å². The minimum Gasteiger partial charge on any atom is -0.298 e. The Bertz CT molecular complexity index is 1190. The van der Waals surface area contributed by atoms with Crippen LogP contribution in [0.15, 0.2) is 42.5 Å². The lowest BCUT2D eigenvalue weighted by molar-refractivity contribution is 0.102. The molecule has 1 aromatic heterocycles. The van der Waals surface area contributed by atoms with Crippen molar-refractivity contribution in [2.24, 2.45) is 0 Å². The van der Waals surface area contributed by atoms with Crippen molar-refractivity contribution >= 4 is 43.4 Å². The quantitative estimate of drug-likeness (QED) is 0.295. The number of rotatable bonds is 2. The Morgan fingerprint density at radius 3 is 2.54 bits per heavy atom. The topological polar surface area (TPSA) is 42.0 Å². The van der Waals surface area contributed by atoms with Crippen molar-refractivity contribution < 1.29 is 22.4 Å². The van der Waals surface area contributed by atoms with E-state index in [0.717, 1.165) is 26.8 Å². The smallest absolute Gasteiger partial charge is 0.260 e. The number of nitrogens with zero attached hydrogens (tertiary/aromatic N) is 1. The molecule has 0 unspecified atom stereocenters. The Kier molecular flexibility index (Phi) is 3.84. The van der Waals surface area contributed by atoms with Gasteiger partial charge in [0.05, 0.1) is 15.8 Å². The molecule has 4 rings (SSSR count). The second-order valence-electron chi connectivity index (χ2n) is 5.45. The van der Waals surface area contributed by atoms with Gasteiger partial charge in [0.2, 0.25) is 0 Å². The predicted molar refractivity (Wildman–Crippen MR) is 91.4 cm³/mol. The van der Waals surface area contributed by atoms with Gasteiger partial charge in [-0.05, 0) is 17.5 Å². The highest BCUT2D eigenvalue weighted by Gasteiger charge is 2.23. The van der Waals surface area contributed by atoms with Crippen molar-refractivity contribution in [1.82, 2.24) is 4.98 Å². The number of amides is 1. The van der Waals surface area contributed by atoms with Crippen LogP contribution in [0.5, 0.6) is 0 Å². The second-order valence-corrected chi connectivity index (χ2v) is 6.49. The average Bonchev–Trinajstić information content (AvgIpc) is 3.05. The SMILES string of the molecule is O=C(Nc1nc2c(ccc3ccccc32)s1)c1cc(F)c(F)c(F)c1F. The number of hydrogen-bond donors (Lipinski definition) is 1. The summed E-state index contributed by atoms with van der Waals surface area (Å²) in [4.78, 5) is 16.5. The van der Waals surface area contributed by atoms with Crippen LogP contribution in [0, 0.1) is 23.3 Å². The zero-order valence-corrected chi connectivity index (χ0v) is 13.6. The summed E-state index contributed by atoms with van der Waals surface area (Å²) >= 11 is 1.13. The highest BCUT2D eigenvalue weighted by atomic mass is 32.1. The van der Waals surface area contributed by atoms with Gasteiger partial charge >= 0.3 is 0 Å². The van der Waals surface area contributed by atoms with Crippen LogP contribution in [0.1, 0.15) is 10.4 Å². The monoisotopic (exact) mass is 376 g/mol. The molecule has 26 heavy (non-hydrogen) atoms. The molecular formula is C18H8F4N2OS. The van der Waals surface area contributed by atoms with Crippen LogP contribution >= 0.6 is 11.3 Å². The van der Waals surface area contributed by atoms with E-state index in [1.165, 1.54) is 0 Å². The van der Waals surface area contributed by atoms with Crippen LogP contribution in [0.25, 0.3) is 21.0 Å². The highest BCUT2D eigenvalue weighted by molar-refractivity contribution is 7.22. The van der Waals surface area contributed by atoms with Crippen molar-refractivity contribution in [3.63, 3.8) is 0 Å². The van der Waals surface area contributed by atoms with E-state index in [9.17, 15) is 22.4 Å². The molecule has 0 aliphatic carbocycles. The number of nitrogens with one attached hydrogen (secondary N) is 1. The predicted octanol–water partition coefficient (Wildman–Crippen LogP) is 5.26. The largest absolute Gasteiger partial charge is 0.298 e. The lowest BCUT2D eigenvalue weighted by Gasteiger charge is -2.05. The number of fused-ring (bicyclic) bond motifs is 3. The van der Waals surface area contributed by atoms with E-state index >= 15 is 0 Å². The fourth-order valence-electron chi connectivity index (χ4n) is 2.62. The first-order chi connectivity index (χ1) is 12.5. The van der Waals surface area contributed by atoms with E-state index in [0.29, 0.717) is 11.6 Å². The van der Waals surface area contributed by atoms with E-state index < -0.39 is 34.7 Å². The van der Waals surface area contributed by atoms with Crippen molar-refractivity contribution in [3.8, 4) is 0 Å². The van der Waals surface area contributed by atoms with E-state index in [4.69, 9.17) is 0 Å². The first-order valence-corrected chi connectivity index (χ1v) is 8.20. The molecule has 4 aromatic rings. The van der Waals surface area contributed by atoms with Gasteiger partial charge in [-0.25, -0.2) is 22.5 Å². The van der Waals surface area contributed by atoms with Gasteiger partial charge in [-0.3, -0.25) is 10.1 Å². The Labute approximate surface area is 147 Å². The highest BCUT2D eigenvalue weighted by Crippen LogP contribution is 2.32. The minimum absolute atomic E-state index is 0.130. The Morgan fingerprint density at radius 2 is 1.73 bits per heavy atom. The van der Waals surface area contributed by atoms with E-state index in [-0.39, 0.29) is 5.13 Å². The first-order valence-electron chi connectivity index (χ1n) is 7.38. The lowest BCUT2D eigenvalue weighted by Crippen LogP contribution is -2.16. The standard InChI is InChI=1S/C18H8F4N2OS/c19-11-7-10(13(20)15(22)14(11)21)17(25)24-18-23-16-9-4-2-1-3-8(9)5-6-12(16)26-18/h1-7H,(H,23,24,25). The molecule has 3 nitrogen and oxygen atoms in total. The Morgan fingerprint density at radius 1 is 0.962 bits per heavy atom. The van der Waals surface area contributed by atoms with Crippen molar-refractivity contribution in [3.05, 3.63) is 71.3 Å². The fourth-order valence-corrected chi connectivity index (χ4v) is 3.49. The molecule has 0 saturated carbocycles. The maximum atomic E-state index is 13.7. The zero-order chi connectivity index (χ0) is 18.4. The van der Waals surface area contributed by atoms with Crippen LogP contribution in [0.4, 0.5) is 22.7 Å². The van der Waals surface area contributed by atoms with Gasteiger partial charge < -0.3 is 0 Å². The van der Waals surface area contributed by atoms with Crippen molar-refractivity contribution in [2.75, 3.05) is 5.32 Å². The summed E-state index contributed by atoms with van der Waals surface area (Å²) in [6.45, 7) is 0. The molecule has 0 fully saturated rings. The third-order valence-electron chi connectivity index (χ3n) is 3.85. The molecule has 0 saturated heterocycles. The van der Waals surface area contributed by atoms with Crippen LogP contribution in [0.3, 0.4) is 0 Å². The maximum absolute atomic E-state index is 13.7. The molecule has 0 bridgehead atoms. The number of benzene rings is 3. The zero-order valence-electron chi connectivity index (χ0n) is 12.8. The Hall–Kier alpha value is -3.00. The molecular weight excluding hydrogens is 368 g/mol. The van der Waals surface area contributed by atoms with Gasteiger partial charge in [-0.2, -0.15) is 0 Å². The summed E-state index contributed by atoms with van der Waals surface area (Å²) in [5.74, 6) is -8.53. The van der Waals surface area contributed by atoms with Crippen molar-refractivity contribution in [1.29, 1.82) is 0 Å². The molecule has 8 heteroatoms. The summed E-state index contributed by atoms with van der Waals surface area (Å²) in [7, 11) is 0. The molecule has 0 radical (unpaired) electrons. The summed E-state index contributed by atoms with van der Waals surface area (Å²) in [6.07, 6.45) is 0. The second kappa shape index (κ2) is 6.06. The molecule has 0 aliphatic heterocycles. The molecule has 0 atom stereocenters. The van der Waals surface area contributed by atoms with Gasteiger partial charge in [0, 0.05) is 5.39 Å². The van der Waals surface area contributed by atoms with Gasteiger partial charge in [-0.1, -0.05) is 41.7 Å². The number of aromatic nitrogens is 1. The van der Waals surface area contributed by atoms with Gasteiger partial charge in [0.15, 0.2) is 28.4 Å². The Balaban J connectivity index is 1.74. The van der Waals surface area contributed by atoms with Crippen LogP contribution in [-0.2, 0) is 0 Å².